The Morgan fingerprint density at radius 3 is 1.63 bits per heavy atom. The van der Waals surface area contributed by atoms with E-state index in [1.54, 1.807) is 0 Å². The van der Waals surface area contributed by atoms with Gasteiger partial charge in [-0.2, -0.15) is 0 Å². The second kappa shape index (κ2) is 15.1. The molecule has 0 saturated carbocycles. The summed E-state index contributed by atoms with van der Waals surface area (Å²) in [5.74, 6) is 0. The standard InChI is InChI=1S/C58H40N2/c1-4-18-43(19-5-1)50-25-12-13-27-53(50)58-51(44-20-6-2-7-21-44)28-16-30-57(58)59(49-37-33-41-17-10-11-22-45(41)39-49)48-35-31-42(32-36-48)46-34-38-56-54(40-46)52-26-14-15-29-55(52)60(56)47-23-8-3-9-24-47/h1-40H. The molecule has 282 valence electrons. The van der Waals surface area contributed by atoms with Gasteiger partial charge < -0.3 is 9.47 Å². The summed E-state index contributed by atoms with van der Waals surface area (Å²) >= 11 is 0. The van der Waals surface area contributed by atoms with E-state index in [2.05, 4.69) is 252 Å². The van der Waals surface area contributed by atoms with E-state index in [1.165, 1.54) is 77.1 Å². The predicted molar refractivity (Wildman–Crippen MR) is 255 cm³/mol. The van der Waals surface area contributed by atoms with E-state index < -0.39 is 0 Å². The molecule has 0 atom stereocenters. The van der Waals surface area contributed by atoms with Gasteiger partial charge in [-0.05, 0) is 110 Å². The summed E-state index contributed by atoms with van der Waals surface area (Å²) in [6, 6.07) is 88.0. The maximum Gasteiger partial charge on any atom is 0.0546 e. The van der Waals surface area contributed by atoms with Crippen LogP contribution >= 0.6 is 0 Å². The van der Waals surface area contributed by atoms with Crippen molar-refractivity contribution in [1.82, 2.24) is 4.57 Å². The van der Waals surface area contributed by atoms with Crippen molar-refractivity contribution in [2.24, 2.45) is 0 Å². The van der Waals surface area contributed by atoms with Crippen molar-refractivity contribution in [3.05, 3.63) is 243 Å². The fourth-order valence-corrected chi connectivity index (χ4v) is 8.99. The minimum atomic E-state index is 1.08. The third-order valence-corrected chi connectivity index (χ3v) is 11.8. The number of hydrogen-bond donors (Lipinski definition) is 0. The van der Waals surface area contributed by atoms with Gasteiger partial charge >= 0.3 is 0 Å². The summed E-state index contributed by atoms with van der Waals surface area (Å²) in [4.78, 5) is 2.44. The molecule has 0 bridgehead atoms. The third-order valence-electron chi connectivity index (χ3n) is 11.8. The fraction of sp³-hybridized carbons (Fsp3) is 0. The molecule has 1 heterocycles. The number of hydrogen-bond acceptors (Lipinski definition) is 1. The molecule has 1 aromatic heterocycles. The first kappa shape index (κ1) is 35.2. The summed E-state index contributed by atoms with van der Waals surface area (Å²) in [5, 5.41) is 4.91. The largest absolute Gasteiger partial charge is 0.310 e. The van der Waals surface area contributed by atoms with Gasteiger partial charge in [0, 0.05) is 33.4 Å². The zero-order valence-corrected chi connectivity index (χ0v) is 33.0. The van der Waals surface area contributed by atoms with Crippen LogP contribution in [0.1, 0.15) is 0 Å². The SMILES string of the molecule is c1ccc(-c2ccccc2-c2c(-c3ccccc3)cccc2N(c2ccc(-c3ccc4c(c3)c3ccccc3n4-c3ccccc3)cc2)c2ccc3ccccc3c2)cc1. The van der Waals surface area contributed by atoms with Gasteiger partial charge in [0.05, 0.1) is 16.7 Å². The van der Waals surface area contributed by atoms with E-state index in [0.29, 0.717) is 0 Å². The summed E-state index contributed by atoms with van der Waals surface area (Å²) in [6.45, 7) is 0. The van der Waals surface area contributed by atoms with E-state index in [0.717, 1.165) is 22.7 Å². The van der Waals surface area contributed by atoms with Crippen LogP contribution in [0.2, 0.25) is 0 Å². The van der Waals surface area contributed by atoms with Gasteiger partial charge in [0.2, 0.25) is 0 Å². The molecule has 2 heteroatoms. The van der Waals surface area contributed by atoms with Crippen molar-refractivity contribution in [3.8, 4) is 50.2 Å². The molecule has 0 amide bonds. The molecule has 0 unspecified atom stereocenters. The van der Waals surface area contributed by atoms with Crippen LogP contribution in [0.5, 0.6) is 0 Å². The molecule has 2 nitrogen and oxygen atoms in total. The number of aromatic nitrogens is 1. The van der Waals surface area contributed by atoms with Crippen LogP contribution in [0.15, 0.2) is 243 Å². The van der Waals surface area contributed by atoms with Crippen LogP contribution in [0, 0.1) is 0 Å². The van der Waals surface area contributed by atoms with Crippen molar-refractivity contribution in [2.45, 2.75) is 0 Å². The molecule has 10 aromatic carbocycles. The van der Waals surface area contributed by atoms with Gasteiger partial charge in [0.25, 0.3) is 0 Å². The Hall–Kier alpha value is -7.94. The Morgan fingerprint density at radius 2 is 0.867 bits per heavy atom. The lowest BCUT2D eigenvalue weighted by Gasteiger charge is -2.30. The lowest BCUT2D eigenvalue weighted by Crippen LogP contribution is -2.12. The first-order valence-corrected chi connectivity index (χ1v) is 20.6. The van der Waals surface area contributed by atoms with Gasteiger partial charge in [-0.15, -0.1) is 0 Å². The van der Waals surface area contributed by atoms with Crippen molar-refractivity contribution in [1.29, 1.82) is 0 Å². The van der Waals surface area contributed by atoms with Gasteiger partial charge in [0.1, 0.15) is 0 Å². The maximum absolute atomic E-state index is 2.44. The molecule has 0 radical (unpaired) electrons. The average Bonchev–Trinajstić information content (AvgIpc) is 3.66. The average molecular weight is 765 g/mol. The van der Waals surface area contributed by atoms with Crippen LogP contribution in [0.4, 0.5) is 17.1 Å². The second-order valence-corrected chi connectivity index (χ2v) is 15.3. The normalized spacial score (nSPS) is 11.3. The van der Waals surface area contributed by atoms with Crippen molar-refractivity contribution in [2.75, 3.05) is 4.90 Å². The number of fused-ring (bicyclic) bond motifs is 4. The zero-order valence-electron chi connectivity index (χ0n) is 33.0. The van der Waals surface area contributed by atoms with Crippen LogP contribution in [-0.2, 0) is 0 Å². The molecular formula is C58H40N2. The first-order chi connectivity index (χ1) is 29.8. The molecule has 0 fully saturated rings. The topological polar surface area (TPSA) is 8.17 Å². The van der Waals surface area contributed by atoms with E-state index in [9.17, 15) is 0 Å². The summed E-state index contributed by atoms with van der Waals surface area (Å²) < 4.78 is 2.37. The smallest absolute Gasteiger partial charge is 0.0546 e. The molecule has 60 heavy (non-hydrogen) atoms. The Labute approximate surface area is 350 Å². The van der Waals surface area contributed by atoms with E-state index >= 15 is 0 Å². The molecular weight excluding hydrogens is 725 g/mol. The quantitative estimate of drug-likeness (QED) is 0.150. The van der Waals surface area contributed by atoms with E-state index in [1.807, 2.05) is 0 Å². The van der Waals surface area contributed by atoms with Crippen LogP contribution in [-0.4, -0.2) is 4.57 Å². The van der Waals surface area contributed by atoms with Gasteiger partial charge in [-0.3, -0.25) is 0 Å². The van der Waals surface area contributed by atoms with Gasteiger partial charge in [-0.25, -0.2) is 0 Å². The summed E-state index contributed by atoms with van der Waals surface area (Å²) in [7, 11) is 0. The first-order valence-electron chi connectivity index (χ1n) is 20.6. The maximum atomic E-state index is 2.44. The van der Waals surface area contributed by atoms with Crippen molar-refractivity contribution >= 4 is 49.6 Å². The highest BCUT2D eigenvalue weighted by atomic mass is 15.1. The number of rotatable bonds is 8. The van der Waals surface area contributed by atoms with Crippen LogP contribution in [0.25, 0.3) is 82.8 Å². The summed E-state index contributed by atoms with van der Waals surface area (Å²) in [5.41, 5.74) is 16.3. The number of benzene rings is 10. The number of nitrogens with zero attached hydrogens (tertiary/aromatic N) is 2. The molecule has 0 saturated heterocycles. The monoisotopic (exact) mass is 764 g/mol. The van der Waals surface area contributed by atoms with Crippen molar-refractivity contribution in [3.63, 3.8) is 0 Å². The minimum Gasteiger partial charge on any atom is -0.310 e. The molecule has 0 aliphatic rings. The lowest BCUT2D eigenvalue weighted by atomic mass is 9.87. The van der Waals surface area contributed by atoms with E-state index in [4.69, 9.17) is 0 Å². The highest BCUT2D eigenvalue weighted by molar-refractivity contribution is 6.10. The summed E-state index contributed by atoms with van der Waals surface area (Å²) in [6.07, 6.45) is 0. The van der Waals surface area contributed by atoms with E-state index in [-0.39, 0.29) is 0 Å². The molecule has 11 aromatic rings. The predicted octanol–water partition coefficient (Wildman–Crippen LogP) is 16.1. The number of para-hydroxylation sites is 2. The minimum absolute atomic E-state index is 1.08. The van der Waals surface area contributed by atoms with Gasteiger partial charge in [-0.1, -0.05) is 182 Å². The lowest BCUT2D eigenvalue weighted by molar-refractivity contribution is 1.18. The molecule has 0 aliphatic carbocycles. The Balaban J connectivity index is 1.10. The Morgan fingerprint density at radius 1 is 0.300 bits per heavy atom. The molecule has 0 aliphatic heterocycles. The molecule has 11 rings (SSSR count). The fourth-order valence-electron chi connectivity index (χ4n) is 8.99. The van der Waals surface area contributed by atoms with Crippen LogP contribution < -0.4 is 4.90 Å². The van der Waals surface area contributed by atoms with Crippen molar-refractivity contribution < 1.29 is 0 Å². The van der Waals surface area contributed by atoms with Crippen LogP contribution in [0.3, 0.4) is 0 Å². The second-order valence-electron chi connectivity index (χ2n) is 15.3. The molecule has 0 N–H and O–H groups in total. The number of anilines is 3. The Kier molecular flexibility index (Phi) is 8.87. The molecule has 0 spiro atoms. The zero-order chi connectivity index (χ0) is 39.8. The van der Waals surface area contributed by atoms with Gasteiger partial charge in [0.15, 0.2) is 0 Å². The Bertz CT molecular complexity index is 3290. The highest BCUT2D eigenvalue weighted by Crippen LogP contribution is 2.48. The highest BCUT2D eigenvalue weighted by Gasteiger charge is 2.23. The third kappa shape index (κ3) is 6.23.